The van der Waals surface area contributed by atoms with Crippen molar-refractivity contribution in [2.24, 2.45) is 0 Å². The van der Waals surface area contributed by atoms with Crippen LogP contribution < -0.4 is 5.32 Å². The van der Waals surface area contributed by atoms with Crippen LogP contribution in [0, 0.1) is 5.82 Å². The average molecular weight is 339 g/mol. The highest BCUT2D eigenvalue weighted by molar-refractivity contribution is 5.92. The quantitative estimate of drug-likeness (QED) is 0.933. The van der Waals surface area contributed by atoms with Crippen molar-refractivity contribution < 1.29 is 13.6 Å². The number of furan rings is 1. The minimum atomic E-state index is -0.359. The van der Waals surface area contributed by atoms with Gasteiger partial charge >= 0.3 is 0 Å². The number of nitrogens with one attached hydrogen (secondary N) is 1. The van der Waals surface area contributed by atoms with Gasteiger partial charge in [-0.3, -0.25) is 4.79 Å². The number of nitrogens with zero attached hydrogens (tertiary/aromatic N) is 1. The summed E-state index contributed by atoms with van der Waals surface area (Å²) in [6.07, 6.45) is 1.87. The molecule has 0 spiro atoms. The summed E-state index contributed by atoms with van der Waals surface area (Å²) < 4.78 is 19.4. The van der Waals surface area contributed by atoms with E-state index >= 15 is 0 Å². The lowest BCUT2D eigenvalue weighted by molar-refractivity contribution is 0.0672. The molecule has 1 aromatic carbocycles. The Morgan fingerprint density at radius 2 is 1.91 bits per heavy atom. The summed E-state index contributed by atoms with van der Waals surface area (Å²) in [6, 6.07) is 9.85. The third-order valence-electron chi connectivity index (χ3n) is 4.13. The summed E-state index contributed by atoms with van der Waals surface area (Å²) in [7, 11) is 1.80. The molecular formula is C17H20ClFN2O2. The van der Waals surface area contributed by atoms with Gasteiger partial charge in [-0.1, -0.05) is 12.1 Å². The fourth-order valence-electron chi connectivity index (χ4n) is 2.79. The van der Waals surface area contributed by atoms with Crippen molar-refractivity contribution in [2.75, 3.05) is 20.1 Å². The van der Waals surface area contributed by atoms with Crippen molar-refractivity contribution in [3.05, 3.63) is 48.0 Å². The zero-order valence-corrected chi connectivity index (χ0v) is 13.7. The second kappa shape index (κ2) is 7.62. The van der Waals surface area contributed by atoms with Crippen molar-refractivity contribution in [3.63, 3.8) is 0 Å². The molecule has 3 rings (SSSR count). The van der Waals surface area contributed by atoms with E-state index in [1.807, 2.05) is 0 Å². The number of carbonyl (C=O) groups is 1. The molecule has 2 heterocycles. The van der Waals surface area contributed by atoms with E-state index in [0.717, 1.165) is 25.9 Å². The standard InChI is InChI=1S/C17H19FN2O2.ClH/c1-20(12-8-10-19-11-9-12)17(21)16-7-6-15(22-16)13-4-2-3-5-14(13)18;/h2-7,12,19H,8-11H2,1H3;1H. The molecule has 124 valence electrons. The van der Waals surface area contributed by atoms with Gasteiger partial charge in [-0.15, -0.1) is 12.4 Å². The van der Waals surface area contributed by atoms with E-state index in [9.17, 15) is 9.18 Å². The number of halogens is 2. The fraction of sp³-hybridized carbons (Fsp3) is 0.353. The molecule has 0 aliphatic carbocycles. The second-order valence-corrected chi connectivity index (χ2v) is 5.54. The Bertz CT molecular complexity index is 668. The van der Waals surface area contributed by atoms with E-state index < -0.39 is 0 Å². The number of benzene rings is 1. The van der Waals surface area contributed by atoms with Crippen LogP contribution in [-0.2, 0) is 0 Å². The lowest BCUT2D eigenvalue weighted by atomic mass is 10.1. The number of piperidine rings is 1. The molecule has 1 saturated heterocycles. The first-order valence-corrected chi connectivity index (χ1v) is 7.49. The van der Waals surface area contributed by atoms with Gasteiger partial charge in [0, 0.05) is 13.1 Å². The van der Waals surface area contributed by atoms with Crippen LogP contribution >= 0.6 is 12.4 Å². The molecule has 0 unspecified atom stereocenters. The van der Waals surface area contributed by atoms with Gasteiger partial charge < -0.3 is 14.6 Å². The van der Waals surface area contributed by atoms with Crippen LogP contribution in [0.25, 0.3) is 11.3 Å². The number of amides is 1. The topological polar surface area (TPSA) is 45.5 Å². The molecule has 6 heteroatoms. The van der Waals surface area contributed by atoms with Gasteiger partial charge in [0.1, 0.15) is 11.6 Å². The van der Waals surface area contributed by atoms with Gasteiger partial charge in [0.2, 0.25) is 0 Å². The molecule has 0 atom stereocenters. The molecule has 0 radical (unpaired) electrons. The maximum absolute atomic E-state index is 13.8. The van der Waals surface area contributed by atoms with Crippen molar-refractivity contribution in [3.8, 4) is 11.3 Å². The van der Waals surface area contributed by atoms with Crippen molar-refractivity contribution in [1.82, 2.24) is 10.2 Å². The zero-order chi connectivity index (χ0) is 15.5. The smallest absolute Gasteiger partial charge is 0.289 e. The van der Waals surface area contributed by atoms with Crippen LogP contribution in [0.2, 0.25) is 0 Å². The van der Waals surface area contributed by atoms with Gasteiger partial charge in [0.25, 0.3) is 5.91 Å². The molecule has 23 heavy (non-hydrogen) atoms. The van der Waals surface area contributed by atoms with E-state index in [2.05, 4.69) is 5.32 Å². The van der Waals surface area contributed by atoms with E-state index in [1.54, 1.807) is 42.3 Å². The van der Waals surface area contributed by atoms with Crippen molar-refractivity contribution in [1.29, 1.82) is 0 Å². The minimum Gasteiger partial charge on any atom is -0.451 e. The summed E-state index contributed by atoms with van der Waals surface area (Å²) in [5, 5.41) is 3.28. The number of carbonyl (C=O) groups excluding carboxylic acids is 1. The van der Waals surface area contributed by atoms with Crippen LogP contribution in [0.1, 0.15) is 23.4 Å². The molecular weight excluding hydrogens is 319 g/mol. The van der Waals surface area contributed by atoms with Crippen molar-refractivity contribution >= 4 is 18.3 Å². The molecule has 1 aliphatic rings. The predicted molar refractivity (Wildman–Crippen MR) is 89.3 cm³/mol. The Kier molecular flexibility index (Phi) is 5.80. The first-order chi connectivity index (χ1) is 10.7. The Labute approximate surface area is 141 Å². The van der Waals surface area contributed by atoms with Crippen LogP contribution in [0.3, 0.4) is 0 Å². The highest BCUT2D eigenvalue weighted by atomic mass is 35.5. The van der Waals surface area contributed by atoms with Gasteiger partial charge in [0.05, 0.1) is 5.56 Å². The maximum Gasteiger partial charge on any atom is 0.289 e. The van der Waals surface area contributed by atoms with Gasteiger partial charge in [0.15, 0.2) is 5.76 Å². The van der Waals surface area contributed by atoms with E-state index in [0.29, 0.717) is 11.3 Å². The Morgan fingerprint density at radius 1 is 1.22 bits per heavy atom. The number of rotatable bonds is 3. The first-order valence-electron chi connectivity index (χ1n) is 7.49. The fourth-order valence-corrected chi connectivity index (χ4v) is 2.79. The summed E-state index contributed by atoms with van der Waals surface area (Å²) in [6.45, 7) is 1.84. The molecule has 4 nitrogen and oxygen atoms in total. The molecule has 1 N–H and O–H groups in total. The maximum atomic E-state index is 13.8. The number of hydrogen-bond acceptors (Lipinski definition) is 3. The molecule has 1 aromatic heterocycles. The predicted octanol–water partition coefficient (Wildman–Crippen LogP) is 3.33. The Morgan fingerprint density at radius 3 is 2.61 bits per heavy atom. The van der Waals surface area contributed by atoms with Gasteiger partial charge in [-0.2, -0.15) is 0 Å². The Hall–Kier alpha value is -1.85. The average Bonchev–Trinajstić information content (AvgIpc) is 3.04. The largest absolute Gasteiger partial charge is 0.451 e. The van der Waals surface area contributed by atoms with Crippen LogP contribution in [0.15, 0.2) is 40.8 Å². The zero-order valence-electron chi connectivity index (χ0n) is 12.9. The highest BCUT2D eigenvalue weighted by Crippen LogP contribution is 2.25. The molecule has 2 aromatic rings. The monoisotopic (exact) mass is 338 g/mol. The van der Waals surface area contributed by atoms with Gasteiger partial charge in [-0.05, 0) is 50.2 Å². The van der Waals surface area contributed by atoms with Crippen LogP contribution in [0.5, 0.6) is 0 Å². The summed E-state index contributed by atoms with van der Waals surface area (Å²) in [5.41, 5.74) is 0.367. The third-order valence-corrected chi connectivity index (χ3v) is 4.13. The summed E-state index contributed by atoms with van der Waals surface area (Å²) >= 11 is 0. The molecule has 0 bridgehead atoms. The van der Waals surface area contributed by atoms with Crippen LogP contribution in [-0.4, -0.2) is 37.0 Å². The summed E-state index contributed by atoms with van der Waals surface area (Å²) in [5.74, 6) is 0.108. The van der Waals surface area contributed by atoms with E-state index in [-0.39, 0.29) is 35.9 Å². The first kappa shape index (κ1) is 17.5. The normalized spacial score (nSPS) is 15.0. The minimum absolute atomic E-state index is 0. The van der Waals surface area contributed by atoms with Crippen molar-refractivity contribution in [2.45, 2.75) is 18.9 Å². The SMILES string of the molecule is CN(C(=O)c1ccc(-c2ccccc2F)o1)C1CCNCC1.Cl. The van der Waals surface area contributed by atoms with Gasteiger partial charge in [-0.25, -0.2) is 4.39 Å². The summed E-state index contributed by atoms with van der Waals surface area (Å²) in [4.78, 5) is 14.2. The Balaban J connectivity index is 0.00000192. The molecule has 1 fully saturated rings. The highest BCUT2D eigenvalue weighted by Gasteiger charge is 2.25. The molecule has 0 saturated carbocycles. The molecule has 1 amide bonds. The van der Waals surface area contributed by atoms with E-state index in [4.69, 9.17) is 4.42 Å². The van der Waals surface area contributed by atoms with Crippen LogP contribution in [0.4, 0.5) is 4.39 Å². The lowest BCUT2D eigenvalue weighted by Crippen LogP contribution is -2.43. The van der Waals surface area contributed by atoms with E-state index in [1.165, 1.54) is 6.07 Å². The lowest BCUT2D eigenvalue weighted by Gasteiger charge is -2.31. The second-order valence-electron chi connectivity index (χ2n) is 5.54. The third kappa shape index (κ3) is 3.74. The number of hydrogen-bond donors (Lipinski definition) is 1. The molecule has 1 aliphatic heterocycles.